The van der Waals surface area contributed by atoms with E-state index in [0.717, 1.165) is 41.4 Å². The minimum absolute atomic E-state index is 0.299. The Kier molecular flexibility index (Phi) is 6.49. The lowest BCUT2D eigenvalue weighted by Gasteiger charge is -2.24. The highest BCUT2D eigenvalue weighted by molar-refractivity contribution is 6.06. The van der Waals surface area contributed by atoms with Crippen molar-refractivity contribution in [2.75, 3.05) is 27.9 Å². The molecule has 0 bridgehead atoms. The van der Waals surface area contributed by atoms with E-state index in [1.807, 2.05) is 24.3 Å². The summed E-state index contributed by atoms with van der Waals surface area (Å²) in [4.78, 5) is 30.9. The average Bonchev–Trinajstić information content (AvgIpc) is 2.84. The van der Waals surface area contributed by atoms with Crippen LogP contribution < -0.4 is 14.2 Å². The Morgan fingerprint density at radius 2 is 1.73 bits per heavy atom. The third-order valence-corrected chi connectivity index (χ3v) is 6.03. The summed E-state index contributed by atoms with van der Waals surface area (Å²) in [7, 11) is 4.44. The number of hydrogen-bond donors (Lipinski definition) is 0. The zero-order valence-electron chi connectivity index (χ0n) is 19.3. The normalized spacial score (nSPS) is 15.0. The molecule has 4 rings (SSSR count). The third kappa shape index (κ3) is 4.35. The van der Waals surface area contributed by atoms with Gasteiger partial charge in [0.05, 0.1) is 32.4 Å². The fraction of sp³-hybridized carbons (Fsp3) is 0.346. The van der Waals surface area contributed by atoms with E-state index >= 15 is 0 Å². The van der Waals surface area contributed by atoms with Crippen LogP contribution in [0.1, 0.15) is 45.3 Å². The van der Waals surface area contributed by atoms with E-state index in [0.29, 0.717) is 34.3 Å². The first kappa shape index (κ1) is 22.6. The van der Waals surface area contributed by atoms with Crippen molar-refractivity contribution in [3.63, 3.8) is 0 Å². The van der Waals surface area contributed by atoms with E-state index in [1.165, 1.54) is 21.3 Å². The van der Waals surface area contributed by atoms with Crippen molar-refractivity contribution in [1.29, 1.82) is 0 Å². The topological polar surface area (TPSA) is 84.0 Å². The summed E-state index contributed by atoms with van der Waals surface area (Å²) < 4.78 is 21.5. The monoisotopic (exact) mass is 449 g/mol. The molecule has 0 radical (unpaired) electrons. The highest BCUT2D eigenvalue weighted by Crippen LogP contribution is 2.38. The molecule has 0 amide bonds. The van der Waals surface area contributed by atoms with Crippen LogP contribution in [0.3, 0.4) is 0 Å². The molecule has 1 heterocycles. The number of para-hydroxylation sites is 1. The fourth-order valence-corrected chi connectivity index (χ4v) is 4.32. The minimum atomic E-state index is -0.514. The summed E-state index contributed by atoms with van der Waals surface area (Å²) >= 11 is 0. The maximum Gasteiger partial charge on any atom is 0.339 e. The van der Waals surface area contributed by atoms with Gasteiger partial charge in [0.15, 0.2) is 18.1 Å². The number of methoxy groups -OCH3 is 3. The molecule has 2 aromatic carbocycles. The SMILES string of the molecule is COc1cc(C(=O)COC(=O)c2c3c(nc4ccccc24)CCC(C)C3)cc(OC)c1OC. The summed E-state index contributed by atoms with van der Waals surface area (Å²) in [6.07, 6.45) is 2.62. The molecule has 7 nitrogen and oxygen atoms in total. The molecule has 7 heteroatoms. The number of aryl methyl sites for hydroxylation is 1. The third-order valence-electron chi connectivity index (χ3n) is 6.03. The minimum Gasteiger partial charge on any atom is -0.493 e. The zero-order chi connectivity index (χ0) is 23.5. The van der Waals surface area contributed by atoms with Crippen molar-refractivity contribution in [1.82, 2.24) is 4.98 Å². The van der Waals surface area contributed by atoms with Gasteiger partial charge in [-0.1, -0.05) is 25.1 Å². The summed E-state index contributed by atoms with van der Waals surface area (Å²) in [5, 5.41) is 0.746. The predicted molar refractivity (Wildman–Crippen MR) is 124 cm³/mol. The number of pyridine rings is 1. The second-order valence-corrected chi connectivity index (χ2v) is 8.19. The van der Waals surface area contributed by atoms with Crippen LogP contribution in [0, 0.1) is 5.92 Å². The maximum atomic E-state index is 13.2. The molecule has 33 heavy (non-hydrogen) atoms. The molecule has 0 fully saturated rings. The second-order valence-electron chi connectivity index (χ2n) is 8.19. The van der Waals surface area contributed by atoms with E-state index in [4.69, 9.17) is 23.9 Å². The van der Waals surface area contributed by atoms with Crippen molar-refractivity contribution in [3.8, 4) is 17.2 Å². The van der Waals surface area contributed by atoms with Gasteiger partial charge in [-0.05, 0) is 48.9 Å². The molecule has 1 aliphatic rings. The number of Topliss-reactive ketones (excluding diaryl/α,β-unsaturated/α-hetero) is 1. The first-order chi connectivity index (χ1) is 16.0. The Morgan fingerprint density at radius 1 is 1.03 bits per heavy atom. The number of ether oxygens (including phenoxy) is 4. The molecule has 1 atom stereocenters. The van der Waals surface area contributed by atoms with Crippen molar-refractivity contribution < 1.29 is 28.5 Å². The van der Waals surface area contributed by atoms with Gasteiger partial charge < -0.3 is 18.9 Å². The Labute approximate surface area is 192 Å². The van der Waals surface area contributed by atoms with Crippen LogP contribution in [0.4, 0.5) is 0 Å². The molecule has 0 spiro atoms. The van der Waals surface area contributed by atoms with Crippen LogP contribution in [-0.2, 0) is 17.6 Å². The first-order valence-electron chi connectivity index (χ1n) is 10.9. The van der Waals surface area contributed by atoms with Crippen molar-refractivity contribution in [2.45, 2.75) is 26.2 Å². The lowest BCUT2D eigenvalue weighted by Crippen LogP contribution is -2.21. The number of ketones is 1. The van der Waals surface area contributed by atoms with Crippen LogP contribution in [0.2, 0.25) is 0 Å². The molecule has 3 aromatic rings. The average molecular weight is 450 g/mol. The maximum absolute atomic E-state index is 13.2. The van der Waals surface area contributed by atoms with E-state index < -0.39 is 12.6 Å². The molecular weight excluding hydrogens is 422 g/mol. The predicted octanol–water partition coefficient (Wildman–Crippen LogP) is 4.43. The van der Waals surface area contributed by atoms with Gasteiger partial charge in [0, 0.05) is 16.6 Å². The largest absolute Gasteiger partial charge is 0.493 e. The number of benzene rings is 2. The second kappa shape index (κ2) is 9.48. The van der Waals surface area contributed by atoms with Crippen LogP contribution in [0.25, 0.3) is 10.9 Å². The Bertz CT molecular complexity index is 1190. The summed E-state index contributed by atoms with van der Waals surface area (Å²) in [6, 6.07) is 10.6. The lowest BCUT2D eigenvalue weighted by molar-refractivity contribution is 0.0475. The number of fused-ring (bicyclic) bond motifs is 2. The standard InChI is InChI=1S/C26H27NO6/c1-15-9-10-20-18(11-15)24(17-7-5-6-8-19(17)27-20)26(29)33-14-21(28)16-12-22(30-2)25(32-4)23(13-16)31-3/h5-8,12-13,15H,9-11,14H2,1-4H3. The van der Waals surface area contributed by atoms with Gasteiger partial charge in [-0.15, -0.1) is 0 Å². The van der Waals surface area contributed by atoms with Crippen molar-refractivity contribution in [2.24, 2.45) is 5.92 Å². The van der Waals surface area contributed by atoms with E-state index in [-0.39, 0.29) is 5.78 Å². The zero-order valence-corrected chi connectivity index (χ0v) is 19.3. The number of nitrogens with zero attached hydrogens (tertiary/aromatic N) is 1. The molecule has 172 valence electrons. The Hall–Kier alpha value is -3.61. The Balaban J connectivity index is 1.63. The quantitative estimate of drug-likeness (QED) is 0.390. The van der Waals surface area contributed by atoms with E-state index in [9.17, 15) is 9.59 Å². The number of hydrogen-bond acceptors (Lipinski definition) is 7. The molecule has 0 aliphatic heterocycles. The molecule has 1 unspecified atom stereocenters. The van der Waals surface area contributed by atoms with Crippen molar-refractivity contribution >= 4 is 22.7 Å². The van der Waals surface area contributed by atoms with Gasteiger partial charge in [-0.2, -0.15) is 0 Å². The Morgan fingerprint density at radius 3 is 2.39 bits per heavy atom. The van der Waals surface area contributed by atoms with Crippen LogP contribution >= 0.6 is 0 Å². The summed E-state index contributed by atoms with van der Waals surface area (Å²) in [6.45, 7) is 1.76. The summed E-state index contributed by atoms with van der Waals surface area (Å²) in [5.41, 5.74) is 3.44. The summed E-state index contributed by atoms with van der Waals surface area (Å²) in [5.74, 6) is 0.665. The first-order valence-corrected chi connectivity index (χ1v) is 10.9. The van der Waals surface area contributed by atoms with Crippen LogP contribution in [-0.4, -0.2) is 44.7 Å². The molecule has 1 aromatic heterocycles. The fourth-order valence-electron chi connectivity index (χ4n) is 4.32. The smallest absolute Gasteiger partial charge is 0.339 e. The molecule has 0 saturated heterocycles. The van der Waals surface area contributed by atoms with E-state index in [2.05, 4.69) is 6.92 Å². The number of rotatable bonds is 7. The molecule has 1 aliphatic carbocycles. The van der Waals surface area contributed by atoms with Crippen LogP contribution in [0.5, 0.6) is 17.2 Å². The van der Waals surface area contributed by atoms with Crippen LogP contribution in [0.15, 0.2) is 36.4 Å². The highest BCUT2D eigenvalue weighted by atomic mass is 16.5. The van der Waals surface area contributed by atoms with Gasteiger partial charge in [-0.3, -0.25) is 9.78 Å². The number of esters is 1. The van der Waals surface area contributed by atoms with Gasteiger partial charge in [-0.25, -0.2) is 4.79 Å². The molecular formula is C26H27NO6. The number of carbonyl (C=O) groups is 2. The van der Waals surface area contributed by atoms with Gasteiger partial charge in [0.1, 0.15) is 0 Å². The van der Waals surface area contributed by atoms with Crippen molar-refractivity contribution in [3.05, 3.63) is 58.8 Å². The lowest BCUT2D eigenvalue weighted by atomic mass is 9.84. The van der Waals surface area contributed by atoms with Gasteiger partial charge in [0.25, 0.3) is 0 Å². The number of aromatic nitrogens is 1. The number of carbonyl (C=O) groups excluding carboxylic acids is 2. The molecule has 0 saturated carbocycles. The highest BCUT2D eigenvalue weighted by Gasteiger charge is 2.27. The van der Waals surface area contributed by atoms with Gasteiger partial charge in [0.2, 0.25) is 11.5 Å². The van der Waals surface area contributed by atoms with E-state index in [1.54, 1.807) is 12.1 Å². The molecule has 0 N–H and O–H groups in total. The van der Waals surface area contributed by atoms with Gasteiger partial charge >= 0.3 is 5.97 Å².